The molecule has 6 nitrogen and oxygen atoms in total. The van der Waals surface area contributed by atoms with Crippen molar-refractivity contribution in [3.8, 4) is 0 Å². The lowest BCUT2D eigenvalue weighted by atomic mass is 10.2. The molecule has 3 rings (SSSR count). The number of oxazole rings is 1. The van der Waals surface area contributed by atoms with Gasteiger partial charge in [-0.2, -0.15) is 0 Å². The average molecular weight is 342 g/mol. The highest BCUT2D eigenvalue weighted by Gasteiger charge is 2.27. The van der Waals surface area contributed by atoms with Gasteiger partial charge in [-0.05, 0) is 13.5 Å². The van der Waals surface area contributed by atoms with Crippen molar-refractivity contribution in [2.24, 2.45) is 0 Å². The van der Waals surface area contributed by atoms with Gasteiger partial charge in [0.25, 0.3) is 0 Å². The Morgan fingerprint density at radius 2 is 2.41 bits per heavy atom. The molecule has 1 saturated heterocycles. The van der Waals surface area contributed by atoms with Crippen LogP contribution in [0, 0.1) is 0 Å². The monoisotopic (exact) mass is 341 g/mol. The number of rotatable bonds is 6. The molecule has 3 heterocycles. The molecule has 120 valence electrons. The molecular formula is C14H20ClN5OS. The van der Waals surface area contributed by atoms with Crippen molar-refractivity contribution in [1.29, 1.82) is 0 Å². The van der Waals surface area contributed by atoms with Gasteiger partial charge in [-0.25, -0.2) is 4.98 Å². The van der Waals surface area contributed by atoms with Gasteiger partial charge in [0, 0.05) is 43.6 Å². The van der Waals surface area contributed by atoms with E-state index in [1.165, 1.54) is 11.5 Å². The molecule has 0 amide bonds. The summed E-state index contributed by atoms with van der Waals surface area (Å²) in [6, 6.07) is 0.502. The topological polar surface area (TPSA) is 58.3 Å². The highest BCUT2D eigenvalue weighted by atomic mass is 35.5. The predicted molar refractivity (Wildman–Crippen MR) is 85.9 cm³/mol. The molecule has 0 aromatic carbocycles. The van der Waals surface area contributed by atoms with E-state index in [1.54, 1.807) is 0 Å². The van der Waals surface area contributed by atoms with Crippen molar-refractivity contribution in [2.45, 2.75) is 38.9 Å². The lowest BCUT2D eigenvalue weighted by molar-refractivity contribution is 0.203. The van der Waals surface area contributed by atoms with Crippen LogP contribution in [0.5, 0.6) is 0 Å². The van der Waals surface area contributed by atoms with E-state index in [4.69, 9.17) is 16.0 Å². The molecule has 1 aliphatic heterocycles. The summed E-state index contributed by atoms with van der Waals surface area (Å²) in [7, 11) is 2.13. The first kappa shape index (κ1) is 15.9. The lowest BCUT2D eigenvalue weighted by Gasteiger charge is -2.23. The van der Waals surface area contributed by atoms with E-state index < -0.39 is 0 Å². The first-order chi connectivity index (χ1) is 10.7. The first-order valence-corrected chi connectivity index (χ1v) is 8.63. The van der Waals surface area contributed by atoms with Gasteiger partial charge in [-0.15, -0.1) is 5.10 Å². The number of hydrogen-bond acceptors (Lipinski definition) is 7. The molecule has 8 heteroatoms. The van der Waals surface area contributed by atoms with Crippen LogP contribution in [0.15, 0.2) is 10.6 Å². The van der Waals surface area contributed by atoms with Crippen LogP contribution in [0.3, 0.4) is 0 Å². The molecule has 1 unspecified atom stereocenters. The number of halogens is 1. The van der Waals surface area contributed by atoms with Crippen molar-refractivity contribution in [1.82, 2.24) is 24.4 Å². The maximum absolute atomic E-state index is 6.08. The Kier molecular flexibility index (Phi) is 5.07. The second-order valence-electron chi connectivity index (χ2n) is 5.66. The van der Waals surface area contributed by atoms with Crippen molar-refractivity contribution < 1.29 is 4.42 Å². The van der Waals surface area contributed by atoms with Gasteiger partial charge in [0.1, 0.15) is 15.8 Å². The van der Waals surface area contributed by atoms with E-state index in [9.17, 15) is 0 Å². The van der Waals surface area contributed by atoms with Crippen LogP contribution in [0.2, 0.25) is 4.34 Å². The van der Waals surface area contributed by atoms with Gasteiger partial charge in [0.2, 0.25) is 5.89 Å². The second-order valence-corrected chi connectivity index (χ2v) is 7.02. The van der Waals surface area contributed by atoms with Crippen LogP contribution in [0.1, 0.15) is 30.7 Å². The Morgan fingerprint density at radius 3 is 3.09 bits per heavy atom. The van der Waals surface area contributed by atoms with Gasteiger partial charge in [-0.3, -0.25) is 9.80 Å². The molecule has 2 aromatic rings. The highest BCUT2D eigenvalue weighted by Crippen LogP contribution is 2.23. The summed E-state index contributed by atoms with van der Waals surface area (Å²) >= 11 is 7.32. The normalized spacial score (nSPS) is 19.4. The van der Waals surface area contributed by atoms with Crippen LogP contribution >= 0.6 is 23.1 Å². The summed E-state index contributed by atoms with van der Waals surface area (Å²) in [5.74, 6) is 1.74. The number of likely N-dealkylation sites (tertiary alicyclic amines) is 1. The summed E-state index contributed by atoms with van der Waals surface area (Å²) in [6.45, 7) is 5.65. The van der Waals surface area contributed by atoms with Crippen molar-refractivity contribution in [2.75, 3.05) is 20.1 Å². The minimum absolute atomic E-state index is 0.502. The lowest BCUT2D eigenvalue weighted by Crippen LogP contribution is -2.34. The van der Waals surface area contributed by atoms with Gasteiger partial charge < -0.3 is 4.42 Å². The molecule has 0 N–H and O–H groups in total. The van der Waals surface area contributed by atoms with E-state index in [2.05, 4.69) is 38.3 Å². The number of aryl methyl sites for hydroxylation is 1. The summed E-state index contributed by atoms with van der Waals surface area (Å²) in [5.41, 5.74) is 0.884. The number of likely N-dealkylation sites (N-methyl/N-ethyl adjacent to an activating group) is 1. The fourth-order valence-electron chi connectivity index (χ4n) is 2.75. The molecule has 0 radical (unpaired) electrons. The van der Waals surface area contributed by atoms with Gasteiger partial charge in [0.15, 0.2) is 0 Å². The SMILES string of the molecule is CCc1cnc(CN(C)C2CCN(Cc3nnsc3Cl)C2)o1. The van der Waals surface area contributed by atoms with Crippen LogP contribution in [-0.4, -0.2) is 50.5 Å². The molecule has 2 aromatic heterocycles. The molecule has 1 fully saturated rings. The average Bonchev–Trinajstić information content (AvgIpc) is 3.22. The van der Waals surface area contributed by atoms with E-state index in [1.807, 2.05) is 6.20 Å². The Bertz CT molecular complexity index is 616. The molecule has 22 heavy (non-hydrogen) atoms. The van der Waals surface area contributed by atoms with E-state index in [-0.39, 0.29) is 0 Å². The molecule has 1 atom stereocenters. The van der Waals surface area contributed by atoms with Gasteiger partial charge in [-0.1, -0.05) is 23.0 Å². The zero-order valence-corrected chi connectivity index (χ0v) is 14.4. The van der Waals surface area contributed by atoms with Crippen LogP contribution < -0.4 is 0 Å². The van der Waals surface area contributed by atoms with Crippen molar-refractivity contribution >= 4 is 23.1 Å². The Balaban J connectivity index is 1.52. The fraction of sp³-hybridized carbons (Fsp3) is 0.643. The smallest absolute Gasteiger partial charge is 0.208 e. The van der Waals surface area contributed by atoms with E-state index in [0.29, 0.717) is 10.4 Å². The quantitative estimate of drug-likeness (QED) is 0.804. The first-order valence-electron chi connectivity index (χ1n) is 7.48. The molecule has 0 aliphatic carbocycles. The Labute approximate surface area is 139 Å². The largest absolute Gasteiger partial charge is 0.444 e. The minimum atomic E-state index is 0.502. The molecule has 1 aliphatic rings. The zero-order valence-electron chi connectivity index (χ0n) is 12.8. The van der Waals surface area contributed by atoms with Crippen molar-refractivity contribution in [3.63, 3.8) is 0 Å². The molecule has 0 spiro atoms. The third-order valence-corrected chi connectivity index (χ3v) is 5.07. The Hall–Kier alpha value is -1.02. The standard InChI is InChI=1S/C14H20ClN5OS/c1-3-11-6-16-13(21-11)9-19(2)10-4-5-20(7-10)8-12-14(15)22-18-17-12/h6,10H,3-5,7-9H2,1-2H3. The second kappa shape index (κ2) is 7.04. The maximum Gasteiger partial charge on any atom is 0.208 e. The minimum Gasteiger partial charge on any atom is -0.444 e. The summed E-state index contributed by atoms with van der Waals surface area (Å²) < 4.78 is 10.3. The molecular weight excluding hydrogens is 322 g/mol. The van der Waals surface area contributed by atoms with Crippen LogP contribution in [0.4, 0.5) is 0 Å². The van der Waals surface area contributed by atoms with Crippen molar-refractivity contribution in [3.05, 3.63) is 27.9 Å². The maximum atomic E-state index is 6.08. The molecule has 0 bridgehead atoms. The summed E-state index contributed by atoms with van der Waals surface area (Å²) in [5, 5.41) is 4.09. The van der Waals surface area contributed by atoms with Crippen LogP contribution in [-0.2, 0) is 19.5 Å². The van der Waals surface area contributed by atoms with Gasteiger partial charge >= 0.3 is 0 Å². The Morgan fingerprint density at radius 1 is 1.55 bits per heavy atom. The number of nitrogens with zero attached hydrogens (tertiary/aromatic N) is 5. The zero-order chi connectivity index (χ0) is 15.5. The van der Waals surface area contributed by atoms with Crippen LogP contribution in [0.25, 0.3) is 0 Å². The highest BCUT2D eigenvalue weighted by molar-refractivity contribution is 7.10. The van der Waals surface area contributed by atoms with Gasteiger partial charge in [0.05, 0.1) is 12.7 Å². The number of hydrogen-bond donors (Lipinski definition) is 0. The summed E-state index contributed by atoms with van der Waals surface area (Å²) in [6.07, 6.45) is 3.84. The van der Waals surface area contributed by atoms with E-state index in [0.717, 1.165) is 56.4 Å². The third kappa shape index (κ3) is 3.65. The fourth-order valence-corrected chi connectivity index (χ4v) is 3.36. The molecule has 0 saturated carbocycles. The summed E-state index contributed by atoms with van der Waals surface area (Å²) in [4.78, 5) is 9.02. The third-order valence-electron chi connectivity index (χ3n) is 4.09. The predicted octanol–water partition coefficient (Wildman–Crippen LogP) is 2.45. The van der Waals surface area contributed by atoms with E-state index >= 15 is 0 Å². The number of aromatic nitrogens is 3.